The molecule has 0 unspecified atom stereocenters. The average Bonchev–Trinajstić information content (AvgIpc) is 3.27. The van der Waals surface area contributed by atoms with E-state index in [2.05, 4.69) is 17.3 Å². The summed E-state index contributed by atoms with van der Waals surface area (Å²) in [6.45, 7) is 2.83. The van der Waals surface area contributed by atoms with Gasteiger partial charge in [0, 0.05) is 12.5 Å². The minimum Gasteiger partial charge on any atom is -0.351 e. The van der Waals surface area contributed by atoms with Crippen molar-refractivity contribution in [1.29, 1.82) is 0 Å². The van der Waals surface area contributed by atoms with Crippen LogP contribution in [0, 0.1) is 0 Å². The first-order valence-corrected chi connectivity index (χ1v) is 7.73. The second-order valence-corrected chi connectivity index (χ2v) is 5.59. The van der Waals surface area contributed by atoms with E-state index in [0.29, 0.717) is 18.2 Å². The van der Waals surface area contributed by atoms with Crippen molar-refractivity contribution in [2.45, 2.75) is 38.5 Å². The molecule has 0 bridgehead atoms. The minimum atomic E-state index is -0.0355. The minimum absolute atomic E-state index is 0.0355. The Balaban J connectivity index is 1.88. The fourth-order valence-electron chi connectivity index (χ4n) is 2.38. The van der Waals surface area contributed by atoms with E-state index in [-0.39, 0.29) is 5.91 Å². The van der Waals surface area contributed by atoms with Gasteiger partial charge in [-0.1, -0.05) is 31.5 Å². The number of para-hydroxylation sites is 1. The summed E-state index contributed by atoms with van der Waals surface area (Å²) >= 11 is 0. The molecule has 2 aromatic rings. The highest BCUT2D eigenvalue weighted by atomic mass is 16.2. The van der Waals surface area contributed by atoms with Crippen LogP contribution in [0.4, 0.5) is 0 Å². The number of aromatic nitrogens is 2. The van der Waals surface area contributed by atoms with Crippen LogP contribution in [0.2, 0.25) is 0 Å². The Morgan fingerprint density at radius 1 is 1.33 bits per heavy atom. The zero-order chi connectivity index (χ0) is 14.7. The van der Waals surface area contributed by atoms with Crippen LogP contribution >= 0.6 is 0 Å². The van der Waals surface area contributed by atoms with Crippen molar-refractivity contribution in [2.24, 2.45) is 0 Å². The molecular weight excluding hydrogens is 262 g/mol. The van der Waals surface area contributed by atoms with Gasteiger partial charge in [0.2, 0.25) is 0 Å². The second kappa shape index (κ2) is 6.12. The lowest BCUT2D eigenvalue weighted by Crippen LogP contribution is -2.26. The summed E-state index contributed by atoms with van der Waals surface area (Å²) in [6.07, 6.45) is 4.44. The zero-order valence-corrected chi connectivity index (χ0v) is 12.4. The third-order valence-electron chi connectivity index (χ3n) is 3.77. The molecule has 1 aliphatic rings. The standard InChI is InChI=1S/C17H21N3O/c1-2-3-11-18-17(21)16-12-15(13-9-10-13)19-20(16)14-7-5-4-6-8-14/h4-8,12-13H,2-3,9-11H2,1H3,(H,18,21). The molecule has 1 heterocycles. The maximum atomic E-state index is 12.4. The Labute approximate surface area is 125 Å². The van der Waals surface area contributed by atoms with E-state index >= 15 is 0 Å². The number of carbonyl (C=O) groups excluding carboxylic acids is 1. The highest BCUT2D eigenvalue weighted by molar-refractivity contribution is 5.93. The molecule has 1 saturated carbocycles. The lowest BCUT2D eigenvalue weighted by molar-refractivity contribution is 0.0945. The maximum Gasteiger partial charge on any atom is 0.270 e. The maximum absolute atomic E-state index is 12.4. The summed E-state index contributed by atoms with van der Waals surface area (Å²) in [5, 5.41) is 7.63. The molecule has 3 rings (SSSR count). The topological polar surface area (TPSA) is 46.9 Å². The van der Waals surface area contributed by atoms with E-state index in [1.807, 2.05) is 36.4 Å². The van der Waals surface area contributed by atoms with E-state index in [9.17, 15) is 4.79 Å². The third kappa shape index (κ3) is 3.15. The molecule has 1 N–H and O–H groups in total. The summed E-state index contributed by atoms with van der Waals surface area (Å²) in [4.78, 5) is 12.4. The average molecular weight is 283 g/mol. The van der Waals surface area contributed by atoms with E-state index in [1.165, 1.54) is 12.8 Å². The van der Waals surface area contributed by atoms with Gasteiger partial charge in [-0.3, -0.25) is 4.79 Å². The van der Waals surface area contributed by atoms with Gasteiger partial charge in [0.25, 0.3) is 5.91 Å². The number of nitrogens with zero attached hydrogens (tertiary/aromatic N) is 2. The molecule has 21 heavy (non-hydrogen) atoms. The number of rotatable bonds is 6. The first-order chi connectivity index (χ1) is 10.3. The highest BCUT2D eigenvalue weighted by Crippen LogP contribution is 2.39. The van der Waals surface area contributed by atoms with Crippen molar-refractivity contribution >= 4 is 5.91 Å². The Hall–Kier alpha value is -2.10. The predicted molar refractivity (Wildman–Crippen MR) is 82.8 cm³/mol. The van der Waals surface area contributed by atoms with Crippen LogP contribution in [0.15, 0.2) is 36.4 Å². The monoisotopic (exact) mass is 283 g/mol. The number of hydrogen-bond acceptors (Lipinski definition) is 2. The number of carbonyl (C=O) groups is 1. The van der Waals surface area contributed by atoms with Gasteiger partial charge in [-0.15, -0.1) is 0 Å². The van der Waals surface area contributed by atoms with Crippen molar-refractivity contribution in [1.82, 2.24) is 15.1 Å². The molecule has 1 fully saturated rings. The zero-order valence-electron chi connectivity index (χ0n) is 12.4. The molecule has 1 aliphatic carbocycles. The third-order valence-corrected chi connectivity index (χ3v) is 3.77. The van der Waals surface area contributed by atoms with Gasteiger partial charge in [0.05, 0.1) is 11.4 Å². The summed E-state index contributed by atoms with van der Waals surface area (Å²) in [5.41, 5.74) is 2.61. The first kappa shape index (κ1) is 13.9. The molecule has 1 aromatic carbocycles. The van der Waals surface area contributed by atoms with Crippen molar-refractivity contribution in [3.05, 3.63) is 47.8 Å². The van der Waals surface area contributed by atoms with Gasteiger partial charge < -0.3 is 5.32 Å². The summed E-state index contributed by atoms with van der Waals surface area (Å²) in [5.74, 6) is 0.504. The first-order valence-electron chi connectivity index (χ1n) is 7.73. The molecule has 4 nitrogen and oxygen atoms in total. The molecule has 0 radical (unpaired) electrons. The Morgan fingerprint density at radius 2 is 2.10 bits per heavy atom. The molecule has 0 spiro atoms. The van der Waals surface area contributed by atoms with Gasteiger partial charge >= 0.3 is 0 Å². The largest absolute Gasteiger partial charge is 0.351 e. The number of unbranched alkanes of at least 4 members (excludes halogenated alkanes) is 1. The van der Waals surface area contributed by atoms with Gasteiger partial charge in [-0.25, -0.2) is 4.68 Å². The molecular formula is C17H21N3O. The fourth-order valence-corrected chi connectivity index (χ4v) is 2.38. The Bertz CT molecular complexity index is 614. The van der Waals surface area contributed by atoms with E-state index in [1.54, 1.807) is 4.68 Å². The van der Waals surface area contributed by atoms with Gasteiger partial charge in [0.15, 0.2) is 0 Å². The van der Waals surface area contributed by atoms with Crippen LogP contribution in [-0.2, 0) is 0 Å². The summed E-state index contributed by atoms with van der Waals surface area (Å²) in [6, 6.07) is 11.8. The van der Waals surface area contributed by atoms with E-state index < -0.39 is 0 Å². The quantitative estimate of drug-likeness (QED) is 0.827. The normalized spacial score (nSPS) is 14.1. The predicted octanol–water partition coefficient (Wildman–Crippen LogP) is 3.28. The fraction of sp³-hybridized carbons (Fsp3) is 0.412. The number of nitrogens with one attached hydrogen (secondary N) is 1. The molecule has 1 aromatic heterocycles. The SMILES string of the molecule is CCCCNC(=O)c1cc(C2CC2)nn1-c1ccccc1. The highest BCUT2D eigenvalue weighted by Gasteiger charge is 2.28. The molecule has 110 valence electrons. The molecule has 0 aliphatic heterocycles. The van der Waals surface area contributed by atoms with Crippen molar-refractivity contribution < 1.29 is 4.79 Å². The van der Waals surface area contributed by atoms with Crippen LogP contribution < -0.4 is 5.32 Å². The molecule has 0 atom stereocenters. The number of hydrogen-bond donors (Lipinski definition) is 1. The Morgan fingerprint density at radius 3 is 2.76 bits per heavy atom. The second-order valence-electron chi connectivity index (χ2n) is 5.59. The van der Waals surface area contributed by atoms with Crippen LogP contribution in [0.25, 0.3) is 5.69 Å². The molecule has 0 saturated heterocycles. The number of amides is 1. The van der Waals surface area contributed by atoms with Crippen molar-refractivity contribution in [3.63, 3.8) is 0 Å². The van der Waals surface area contributed by atoms with Gasteiger partial charge in [-0.05, 0) is 37.5 Å². The lowest BCUT2D eigenvalue weighted by Gasteiger charge is -2.07. The van der Waals surface area contributed by atoms with Crippen LogP contribution in [0.5, 0.6) is 0 Å². The van der Waals surface area contributed by atoms with Crippen LogP contribution in [0.1, 0.15) is 54.7 Å². The van der Waals surface area contributed by atoms with Crippen molar-refractivity contribution in [3.8, 4) is 5.69 Å². The smallest absolute Gasteiger partial charge is 0.270 e. The summed E-state index contributed by atoms with van der Waals surface area (Å²) in [7, 11) is 0. The molecule has 4 heteroatoms. The van der Waals surface area contributed by atoms with E-state index in [4.69, 9.17) is 0 Å². The van der Waals surface area contributed by atoms with Crippen LogP contribution in [-0.4, -0.2) is 22.2 Å². The van der Waals surface area contributed by atoms with E-state index in [0.717, 1.165) is 24.2 Å². The summed E-state index contributed by atoms with van der Waals surface area (Å²) < 4.78 is 1.77. The molecule has 1 amide bonds. The number of benzene rings is 1. The van der Waals surface area contributed by atoms with Gasteiger partial charge in [0.1, 0.15) is 5.69 Å². The lowest BCUT2D eigenvalue weighted by atomic mass is 10.2. The Kier molecular flexibility index (Phi) is 4.04. The van der Waals surface area contributed by atoms with Crippen molar-refractivity contribution in [2.75, 3.05) is 6.54 Å². The van der Waals surface area contributed by atoms with Crippen LogP contribution in [0.3, 0.4) is 0 Å². The van der Waals surface area contributed by atoms with Gasteiger partial charge in [-0.2, -0.15) is 5.10 Å².